The van der Waals surface area contributed by atoms with Gasteiger partial charge >= 0.3 is 52.8 Å². The van der Waals surface area contributed by atoms with E-state index in [0.29, 0.717) is 90.3 Å². The third-order valence-corrected chi connectivity index (χ3v) is 25.6. The van der Waals surface area contributed by atoms with Crippen molar-refractivity contribution in [2.24, 2.45) is 17.2 Å². The lowest BCUT2D eigenvalue weighted by molar-refractivity contribution is -0.119. The van der Waals surface area contributed by atoms with Crippen molar-refractivity contribution in [3.8, 4) is 22.7 Å². The second kappa shape index (κ2) is 61.4. The van der Waals surface area contributed by atoms with Crippen LogP contribution in [-0.2, 0) is 72.8 Å². The van der Waals surface area contributed by atoms with Crippen LogP contribution in [0.15, 0.2) is 309 Å². The molecule has 5 aromatic heterocycles. The fourth-order valence-corrected chi connectivity index (χ4v) is 17.7. The molecule has 0 aliphatic carbocycles. The smallest absolute Gasteiger partial charge is 0.346 e. The number of primary amides is 3. The highest BCUT2D eigenvalue weighted by Gasteiger charge is 2.20. The van der Waals surface area contributed by atoms with Gasteiger partial charge in [0.15, 0.2) is 11.6 Å². The van der Waals surface area contributed by atoms with Crippen LogP contribution in [-0.4, -0.2) is 95.1 Å². The molecule has 6 amide bonds. The van der Waals surface area contributed by atoms with E-state index in [-0.39, 0.29) is 169 Å². The third kappa shape index (κ3) is 37.9. The lowest BCUT2D eigenvalue weighted by atomic mass is 10.1. The molecule has 0 fully saturated rings. The van der Waals surface area contributed by atoms with Crippen LogP contribution in [0.5, 0.6) is 0 Å². The molecule has 0 aliphatic heterocycles. The van der Waals surface area contributed by atoms with Gasteiger partial charge in [0.2, 0.25) is 35.4 Å². The topological polar surface area (TPSA) is 502 Å². The van der Waals surface area contributed by atoms with Gasteiger partial charge in [0.05, 0.1) is 62.0 Å². The number of carbonyl (C=O) groups excluding carboxylic acids is 8. The van der Waals surface area contributed by atoms with E-state index < -0.39 is 11.4 Å². The van der Waals surface area contributed by atoms with Crippen LogP contribution < -0.4 is 86.0 Å². The van der Waals surface area contributed by atoms with Gasteiger partial charge in [-0.3, -0.25) is 62.3 Å². The molecule has 0 saturated carbocycles. The van der Waals surface area contributed by atoms with E-state index >= 15 is 0 Å². The molecular weight excluding hydrogens is 1940 g/mol. The number of Topliss-reactive ketones (excluding diaryl/α,β-unsaturated/α-hetero) is 1. The SMILES string of the molecule is C.C.C.C.CC(=O)/C=C/Cn1sc(=O)n(Cc2ccccc2)c1=O.CC(=O)c1ccc(-n2sc(=O)n(Cc3ccccc3)c2=O)cc1.NC(=O)CCCCC(=O)Nc1ccc(-n2sc(=O)n(Cc3ccccc3)c2=O)cc1.NC(=O)CCCCCCC(=O)Nc1ccc(-n2sc(=O)n(Cc3ccccc3)c2=O)cc1.NC(=O)CCCCCCCCC(=O)Nc1ccc(-n2sc(=O)n(Cc3ccccc3)c2=O)cc1.O. The number of rotatable bonds is 42. The summed E-state index contributed by atoms with van der Waals surface area (Å²) in [5.41, 5.74) is 22.5. The van der Waals surface area contributed by atoms with Crippen molar-refractivity contribution in [1.29, 1.82) is 0 Å². The van der Waals surface area contributed by atoms with Crippen LogP contribution in [0.25, 0.3) is 22.7 Å². The summed E-state index contributed by atoms with van der Waals surface area (Å²) in [5.74, 6) is -1.37. The fraction of sp³-hybridized carbons (Fsp3) is 0.288. The molecule has 35 nitrogen and oxygen atoms in total. The average Bonchev–Trinajstić information content (AvgIpc) is 1.67. The Morgan fingerprint density at radius 2 is 0.493 bits per heavy atom. The van der Waals surface area contributed by atoms with Crippen molar-refractivity contribution in [1.82, 2.24) is 42.6 Å². The molecule has 764 valence electrons. The van der Waals surface area contributed by atoms with Gasteiger partial charge in [0, 0.05) is 119 Å². The number of nitrogens with two attached hydrogens (primary N) is 3. The molecule has 40 heteroatoms. The first-order chi connectivity index (χ1) is 66.9. The molecule has 14 aromatic rings. The number of benzene rings is 9. The highest BCUT2D eigenvalue weighted by atomic mass is 32.1. The first kappa shape index (κ1) is 119. The summed E-state index contributed by atoms with van der Waals surface area (Å²) in [6.07, 6.45) is 15.2. The Balaban J connectivity index is 0.000000318. The van der Waals surface area contributed by atoms with Gasteiger partial charge in [-0.1, -0.05) is 226 Å². The number of nitrogens with zero attached hydrogens (tertiary/aromatic N) is 10. The molecule has 14 rings (SSSR count). The van der Waals surface area contributed by atoms with Crippen molar-refractivity contribution in [2.45, 2.75) is 198 Å². The molecule has 144 heavy (non-hydrogen) atoms. The van der Waals surface area contributed by atoms with E-state index in [1.54, 1.807) is 103 Å². The number of allylic oxidation sites excluding steroid dienone is 2. The van der Waals surface area contributed by atoms with Gasteiger partial charge in [-0.2, -0.15) is 0 Å². The van der Waals surface area contributed by atoms with Gasteiger partial charge in [-0.15, -0.1) is 0 Å². The largest absolute Gasteiger partial charge is 0.412 e. The predicted molar refractivity (Wildman–Crippen MR) is 574 cm³/mol. The zero-order valence-corrected chi connectivity index (χ0v) is 81.0. The van der Waals surface area contributed by atoms with E-state index in [1.165, 1.54) is 62.5 Å². The minimum absolute atomic E-state index is 0. The van der Waals surface area contributed by atoms with Gasteiger partial charge in [-0.05, 0) is 183 Å². The van der Waals surface area contributed by atoms with Crippen molar-refractivity contribution >= 4 is 122 Å². The quantitative estimate of drug-likeness (QED) is 0.0118. The lowest BCUT2D eigenvalue weighted by Gasteiger charge is -2.07. The Morgan fingerprint density at radius 1 is 0.278 bits per heavy atom. The average molecular weight is 2060 g/mol. The van der Waals surface area contributed by atoms with Gasteiger partial charge < -0.3 is 38.6 Å². The van der Waals surface area contributed by atoms with Crippen molar-refractivity contribution in [3.63, 3.8) is 0 Å². The van der Waals surface area contributed by atoms with Crippen LogP contribution in [0.4, 0.5) is 17.1 Å². The Labute approximate surface area is 851 Å². The Hall–Kier alpha value is -15.4. The number of ketones is 2. The molecule has 0 atom stereocenters. The summed E-state index contributed by atoms with van der Waals surface area (Å²) in [4.78, 5) is 213. The lowest BCUT2D eigenvalue weighted by Crippen LogP contribution is -2.29. The number of aromatic nitrogens is 10. The third-order valence-electron chi connectivity index (χ3n) is 21.0. The van der Waals surface area contributed by atoms with E-state index in [1.807, 2.05) is 152 Å². The normalized spacial score (nSPS) is 10.4. The van der Waals surface area contributed by atoms with E-state index in [9.17, 15) is 86.3 Å². The van der Waals surface area contributed by atoms with Crippen molar-refractivity contribution in [2.75, 3.05) is 16.0 Å². The second-order valence-electron chi connectivity index (χ2n) is 31.8. The number of amides is 6. The van der Waals surface area contributed by atoms with Gasteiger partial charge in [-0.25, -0.2) is 66.6 Å². The molecule has 0 saturated heterocycles. The van der Waals surface area contributed by atoms with Crippen LogP contribution in [0.3, 0.4) is 0 Å². The summed E-state index contributed by atoms with van der Waals surface area (Å²) < 4.78 is 12.7. The number of unbranched alkanes of at least 4 members (excludes halogenated alkanes) is 9. The summed E-state index contributed by atoms with van der Waals surface area (Å²) >= 11 is 4.25. The molecule has 0 unspecified atom stereocenters. The predicted octanol–water partition coefficient (Wildman–Crippen LogP) is 13.9. The number of anilines is 3. The first-order valence-electron chi connectivity index (χ1n) is 44.6. The Kier molecular flexibility index (Phi) is 50.8. The number of hydrogen-bond donors (Lipinski definition) is 6. The summed E-state index contributed by atoms with van der Waals surface area (Å²) in [6, 6.07) is 73.7. The van der Waals surface area contributed by atoms with Gasteiger partial charge in [0.25, 0.3) is 0 Å². The minimum atomic E-state index is -0.403. The molecular formula is C104H124N16O19S5. The van der Waals surface area contributed by atoms with Crippen LogP contribution in [0.1, 0.15) is 197 Å². The van der Waals surface area contributed by atoms with E-state index in [2.05, 4.69) is 16.0 Å². The van der Waals surface area contributed by atoms with Crippen LogP contribution in [0.2, 0.25) is 0 Å². The van der Waals surface area contributed by atoms with Crippen LogP contribution in [0, 0.1) is 0 Å². The standard InChI is InChI=1S/C25H30N4O4S.C23H26N4O4S.C21H22N4O4S.C17H14N2O3S.C14H14N2O3S.4CH4.H2O/c26-22(30)12-8-3-1-2-4-9-13-23(31)27-20-14-16-21(17-15-20)29-24(32)28(25(33)34-29)18-19-10-6-5-7-11-19;24-20(28)10-6-1-2-7-11-21(29)25-18-12-14-19(15-13-18)27-22(30)26(23(31)32-27)16-17-8-4-3-5-9-17;22-18(26)8-4-5-9-19(27)23-16-10-12-17(13-11-16)25-20(28)24(21(29)30-25)14-15-6-2-1-3-7-15;1-12(20)14-7-9-15(10-8-14)19-16(21)18(17(22)23-19)11-13-5-3-2-4-6-13;1-11(17)6-5-9-16-13(18)15(14(19)20-16)10-12-7-3-2-4-8-12;;;;;/h5-7,10-11,14-17H,1-4,8-9,12-13,18H2,(H2,26,30)(H,27,31);3-5,8-9,12-15H,1-2,6-7,10-11,16H2,(H2,24,28)(H,25,29);1-3,6-7,10-13H,4-5,8-9,14H2,(H2,22,26)(H,23,27);2-10H,11H2,1H3;2-8H,9-10H2,1H3;4*1H4;1H2/b;;;;6-5+;;;;;. The van der Waals surface area contributed by atoms with Crippen molar-refractivity contribution in [3.05, 3.63) is 395 Å². The highest BCUT2D eigenvalue weighted by Crippen LogP contribution is 2.21. The number of nitrogens with one attached hydrogen (secondary N) is 3. The van der Waals surface area contributed by atoms with Crippen LogP contribution >= 0.6 is 57.7 Å². The molecule has 0 bridgehead atoms. The Morgan fingerprint density at radius 3 is 0.736 bits per heavy atom. The van der Waals surface area contributed by atoms with Gasteiger partial charge in [0.1, 0.15) is 0 Å². The Bertz CT molecular complexity index is 7150. The molecule has 5 heterocycles. The summed E-state index contributed by atoms with van der Waals surface area (Å²) in [5, 5.41) is 8.46. The first-order valence-corrected chi connectivity index (χ1v) is 48.5. The van der Waals surface area contributed by atoms with Crippen molar-refractivity contribution < 1.29 is 43.8 Å². The zero-order chi connectivity index (χ0) is 99.7. The molecule has 11 N–H and O–H groups in total. The zero-order valence-electron chi connectivity index (χ0n) is 76.9. The monoisotopic (exact) mass is 2060 g/mol. The molecule has 9 aromatic carbocycles. The maximum absolute atomic E-state index is 12.8. The molecule has 0 spiro atoms. The maximum atomic E-state index is 12.8. The molecule has 0 radical (unpaired) electrons. The summed E-state index contributed by atoms with van der Waals surface area (Å²) in [6.45, 7) is 4.32. The van der Waals surface area contributed by atoms with E-state index in [4.69, 9.17) is 17.2 Å². The summed E-state index contributed by atoms with van der Waals surface area (Å²) in [7, 11) is 0. The highest BCUT2D eigenvalue weighted by molar-refractivity contribution is 7.05. The number of hydrogen-bond acceptors (Lipinski definition) is 23. The maximum Gasteiger partial charge on any atom is 0.346 e. The minimum Gasteiger partial charge on any atom is -0.412 e. The van der Waals surface area contributed by atoms with E-state index in [0.717, 1.165) is 150 Å². The fourth-order valence-electron chi connectivity index (χ4n) is 13.7. The number of carbonyl (C=O) groups is 8. The second-order valence-corrected chi connectivity index (χ2v) is 36.4. The molecule has 0 aliphatic rings.